The molecule has 8 heteroatoms. The van der Waals surface area contributed by atoms with Gasteiger partial charge in [0.25, 0.3) is 0 Å². The first-order chi connectivity index (χ1) is 11.1. The Morgan fingerprint density at radius 3 is 3.13 bits per heavy atom. The Bertz CT molecular complexity index is 535. The number of nitrogens with two attached hydrogens (primary N) is 1. The molecular formula is C15H24N4O2S2. The number of amides is 2. The molecule has 0 radical (unpaired) electrons. The lowest BCUT2D eigenvalue weighted by Gasteiger charge is -2.30. The maximum absolute atomic E-state index is 12.3. The van der Waals surface area contributed by atoms with E-state index in [2.05, 4.69) is 21.9 Å². The Balaban J connectivity index is 1.72. The minimum Gasteiger partial charge on any atom is -0.369 e. The number of nitrogens with zero attached hydrogens (tertiary/aromatic N) is 2. The molecule has 0 spiro atoms. The summed E-state index contributed by atoms with van der Waals surface area (Å²) in [5.41, 5.74) is 6.26. The number of nitrogens with one attached hydrogen (secondary N) is 1. The van der Waals surface area contributed by atoms with Crippen molar-refractivity contribution in [3.05, 3.63) is 16.1 Å². The van der Waals surface area contributed by atoms with Crippen LogP contribution in [0.15, 0.2) is 5.38 Å². The second kappa shape index (κ2) is 9.24. The van der Waals surface area contributed by atoms with Crippen molar-refractivity contribution in [2.45, 2.75) is 25.0 Å². The van der Waals surface area contributed by atoms with Gasteiger partial charge in [-0.2, -0.15) is 11.8 Å². The lowest BCUT2D eigenvalue weighted by Crippen LogP contribution is -2.46. The molecule has 23 heavy (non-hydrogen) atoms. The summed E-state index contributed by atoms with van der Waals surface area (Å²) < 4.78 is 0. The third-order valence-electron chi connectivity index (χ3n) is 3.80. The predicted octanol–water partition coefficient (Wildman–Crippen LogP) is 0.862. The molecule has 1 unspecified atom stereocenters. The van der Waals surface area contributed by atoms with Gasteiger partial charge in [0.2, 0.25) is 11.8 Å². The number of hydrogen-bond acceptors (Lipinski definition) is 6. The summed E-state index contributed by atoms with van der Waals surface area (Å²) in [6, 6.07) is 0. The summed E-state index contributed by atoms with van der Waals surface area (Å²) in [5, 5.41) is 6.19. The van der Waals surface area contributed by atoms with Gasteiger partial charge >= 0.3 is 0 Å². The van der Waals surface area contributed by atoms with Crippen LogP contribution >= 0.6 is 23.1 Å². The van der Waals surface area contributed by atoms with Gasteiger partial charge in [-0.15, -0.1) is 11.3 Å². The molecule has 1 fully saturated rings. The number of rotatable bonds is 8. The van der Waals surface area contributed by atoms with Crippen molar-refractivity contribution in [2.75, 3.05) is 32.4 Å². The average Bonchev–Trinajstić information content (AvgIpc) is 2.95. The van der Waals surface area contributed by atoms with Gasteiger partial charge in [-0.3, -0.25) is 14.5 Å². The molecule has 1 saturated heterocycles. The Morgan fingerprint density at radius 1 is 1.57 bits per heavy atom. The van der Waals surface area contributed by atoms with E-state index in [4.69, 9.17) is 5.73 Å². The van der Waals surface area contributed by atoms with E-state index >= 15 is 0 Å². The third-order valence-corrected chi connectivity index (χ3v) is 5.45. The van der Waals surface area contributed by atoms with Crippen LogP contribution in [0.1, 0.15) is 23.5 Å². The minimum atomic E-state index is -0.337. The number of hydrogen-bond donors (Lipinski definition) is 2. The summed E-state index contributed by atoms with van der Waals surface area (Å²) in [5.74, 6) is 0.620. The van der Waals surface area contributed by atoms with E-state index in [1.165, 1.54) is 0 Å². The highest BCUT2D eigenvalue weighted by molar-refractivity contribution is 7.97. The van der Waals surface area contributed by atoms with E-state index < -0.39 is 0 Å². The quantitative estimate of drug-likeness (QED) is 0.721. The molecule has 1 aromatic heterocycles. The van der Waals surface area contributed by atoms with E-state index in [0.29, 0.717) is 13.1 Å². The Kier molecular flexibility index (Phi) is 7.32. The highest BCUT2D eigenvalue weighted by Gasteiger charge is 2.26. The zero-order valence-electron chi connectivity index (χ0n) is 13.4. The molecular weight excluding hydrogens is 332 g/mol. The van der Waals surface area contributed by atoms with Gasteiger partial charge in [0, 0.05) is 30.6 Å². The molecule has 0 bridgehead atoms. The van der Waals surface area contributed by atoms with Crippen molar-refractivity contribution >= 4 is 34.9 Å². The number of thiazole rings is 1. The Morgan fingerprint density at radius 2 is 2.39 bits per heavy atom. The highest BCUT2D eigenvalue weighted by atomic mass is 32.2. The summed E-state index contributed by atoms with van der Waals surface area (Å²) in [6.45, 7) is 2.29. The van der Waals surface area contributed by atoms with Gasteiger partial charge in [0.1, 0.15) is 5.01 Å². The molecule has 0 aromatic carbocycles. The van der Waals surface area contributed by atoms with Crippen molar-refractivity contribution < 1.29 is 9.59 Å². The number of aromatic nitrogens is 1. The van der Waals surface area contributed by atoms with Crippen LogP contribution in [0.4, 0.5) is 0 Å². The second-order valence-corrected chi connectivity index (χ2v) is 7.56. The molecule has 128 valence electrons. The van der Waals surface area contributed by atoms with Gasteiger partial charge in [-0.1, -0.05) is 0 Å². The highest BCUT2D eigenvalue weighted by Crippen LogP contribution is 2.17. The smallest absolute Gasteiger partial charge is 0.231 e. The fourth-order valence-corrected chi connectivity index (χ4v) is 4.29. The van der Waals surface area contributed by atoms with Gasteiger partial charge in [0.05, 0.1) is 18.2 Å². The fraction of sp³-hybridized carbons (Fsp3) is 0.667. The van der Waals surface area contributed by atoms with E-state index in [-0.39, 0.29) is 24.3 Å². The summed E-state index contributed by atoms with van der Waals surface area (Å²) >= 11 is 3.43. The maximum Gasteiger partial charge on any atom is 0.231 e. The first-order valence-corrected chi connectivity index (χ1v) is 10.1. The van der Waals surface area contributed by atoms with Crippen molar-refractivity contribution in [1.82, 2.24) is 15.2 Å². The molecule has 1 aliphatic heterocycles. The molecule has 2 rings (SSSR count). The predicted molar refractivity (Wildman–Crippen MR) is 94.4 cm³/mol. The standard InChI is InChI=1S/C15H24N4O2S2/c1-22-10-14-18-12(9-23-14)4-5-17-15(21)11-3-2-6-19(7-11)8-13(16)20/h9,11H,2-8,10H2,1H3,(H2,16,20)(H,17,21). The first kappa shape index (κ1) is 18.2. The van der Waals surface area contributed by atoms with E-state index in [1.54, 1.807) is 23.1 Å². The molecule has 2 amide bonds. The number of primary amides is 1. The Hall–Kier alpha value is -1.12. The SMILES string of the molecule is CSCc1nc(CCNC(=O)C2CCCN(CC(N)=O)C2)cs1. The summed E-state index contributed by atoms with van der Waals surface area (Å²) in [6.07, 6.45) is 4.62. The van der Waals surface area contributed by atoms with Crippen LogP contribution in [0, 0.1) is 5.92 Å². The first-order valence-electron chi connectivity index (χ1n) is 7.79. The summed E-state index contributed by atoms with van der Waals surface area (Å²) in [7, 11) is 0. The van der Waals surface area contributed by atoms with Gasteiger partial charge in [-0.05, 0) is 25.6 Å². The van der Waals surface area contributed by atoms with Crippen LogP contribution in [-0.2, 0) is 21.8 Å². The number of piperidine rings is 1. The van der Waals surface area contributed by atoms with Crippen LogP contribution in [-0.4, -0.2) is 54.1 Å². The van der Waals surface area contributed by atoms with E-state index in [1.807, 2.05) is 4.90 Å². The second-order valence-electron chi connectivity index (χ2n) is 5.75. The van der Waals surface area contributed by atoms with Crippen LogP contribution in [0.5, 0.6) is 0 Å². The lowest BCUT2D eigenvalue weighted by atomic mass is 9.97. The largest absolute Gasteiger partial charge is 0.369 e. The normalized spacial score (nSPS) is 18.7. The lowest BCUT2D eigenvalue weighted by molar-refractivity contribution is -0.128. The monoisotopic (exact) mass is 356 g/mol. The van der Waals surface area contributed by atoms with Crippen molar-refractivity contribution in [3.63, 3.8) is 0 Å². The molecule has 1 atom stereocenters. The van der Waals surface area contributed by atoms with Gasteiger partial charge in [0.15, 0.2) is 0 Å². The van der Waals surface area contributed by atoms with Gasteiger partial charge in [-0.25, -0.2) is 4.98 Å². The third kappa shape index (κ3) is 6.12. The molecule has 3 N–H and O–H groups in total. The molecule has 1 aliphatic rings. The average molecular weight is 357 g/mol. The van der Waals surface area contributed by atoms with Crippen LogP contribution in [0.3, 0.4) is 0 Å². The molecule has 0 saturated carbocycles. The van der Waals surface area contributed by atoms with Crippen molar-refractivity contribution in [3.8, 4) is 0 Å². The van der Waals surface area contributed by atoms with Crippen LogP contribution < -0.4 is 11.1 Å². The molecule has 1 aromatic rings. The van der Waals surface area contributed by atoms with E-state index in [9.17, 15) is 9.59 Å². The summed E-state index contributed by atoms with van der Waals surface area (Å²) in [4.78, 5) is 29.8. The topological polar surface area (TPSA) is 88.3 Å². The molecule has 2 heterocycles. The zero-order chi connectivity index (χ0) is 16.7. The van der Waals surface area contributed by atoms with Crippen molar-refractivity contribution in [1.29, 1.82) is 0 Å². The fourth-order valence-electron chi connectivity index (χ4n) is 2.75. The number of carbonyl (C=O) groups excluding carboxylic acids is 2. The molecule has 0 aliphatic carbocycles. The zero-order valence-corrected chi connectivity index (χ0v) is 15.0. The maximum atomic E-state index is 12.3. The van der Waals surface area contributed by atoms with E-state index in [0.717, 1.165) is 42.3 Å². The molecule has 6 nitrogen and oxygen atoms in total. The van der Waals surface area contributed by atoms with Crippen LogP contribution in [0.2, 0.25) is 0 Å². The number of thioether (sulfide) groups is 1. The number of carbonyl (C=O) groups is 2. The van der Waals surface area contributed by atoms with Crippen LogP contribution in [0.25, 0.3) is 0 Å². The minimum absolute atomic E-state index is 0.0504. The van der Waals surface area contributed by atoms with Gasteiger partial charge < -0.3 is 11.1 Å². The van der Waals surface area contributed by atoms with Crippen molar-refractivity contribution in [2.24, 2.45) is 11.7 Å². The Labute approximate surface area is 145 Å². The number of likely N-dealkylation sites (tertiary alicyclic amines) is 1.